The van der Waals surface area contributed by atoms with Gasteiger partial charge in [0.25, 0.3) is 0 Å². The Bertz CT molecular complexity index is 963. The van der Waals surface area contributed by atoms with Crippen LogP contribution in [0, 0.1) is 0 Å². The Hall–Kier alpha value is -2.37. The van der Waals surface area contributed by atoms with Gasteiger partial charge in [0, 0.05) is 12.1 Å². The van der Waals surface area contributed by atoms with E-state index in [2.05, 4.69) is 5.32 Å². The number of nitrogens with zero attached hydrogens (tertiary/aromatic N) is 2. The molecule has 0 unspecified atom stereocenters. The van der Waals surface area contributed by atoms with Gasteiger partial charge >= 0.3 is 0 Å². The van der Waals surface area contributed by atoms with Gasteiger partial charge in [0.1, 0.15) is 23.0 Å². The van der Waals surface area contributed by atoms with Crippen LogP contribution in [0.1, 0.15) is 5.56 Å². The maximum Gasteiger partial charge on any atom is 0.133 e. The second kappa shape index (κ2) is 6.74. The molecule has 0 saturated heterocycles. The number of halogens is 2. The molecule has 1 aromatic heterocycles. The highest BCUT2D eigenvalue weighted by Crippen LogP contribution is 2.44. The third kappa shape index (κ3) is 2.59. The van der Waals surface area contributed by atoms with Crippen LogP contribution in [-0.2, 0) is 6.42 Å². The highest BCUT2D eigenvalue weighted by Gasteiger charge is 2.28. The van der Waals surface area contributed by atoms with Crippen LogP contribution in [0.15, 0.2) is 36.4 Å². The van der Waals surface area contributed by atoms with Crippen LogP contribution < -0.4 is 14.8 Å². The summed E-state index contributed by atoms with van der Waals surface area (Å²) in [6.07, 6.45) is 0.851. The third-order valence-electron chi connectivity index (χ3n) is 4.47. The van der Waals surface area contributed by atoms with Gasteiger partial charge in [-0.25, -0.2) is 4.68 Å². The van der Waals surface area contributed by atoms with E-state index in [0.29, 0.717) is 21.5 Å². The first-order valence-electron chi connectivity index (χ1n) is 8.17. The van der Waals surface area contributed by atoms with Crippen LogP contribution in [0.4, 0.5) is 5.82 Å². The molecule has 0 amide bonds. The summed E-state index contributed by atoms with van der Waals surface area (Å²) in [4.78, 5) is 0. The summed E-state index contributed by atoms with van der Waals surface area (Å²) in [7, 11) is 3.28. The maximum absolute atomic E-state index is 6.43. The highest BCUT2D eigenvalue weighted by molar-refractivity contribution is 6.43. The zero-order chi connectivity index (χ0) is 18.3. The molecule has 2 heterocycles. The largest absolute Gasteiger partial charge is 0.496 e. The van der Waals surface area contributed by atoms with Crippen molar-refractivity contribution in [3.63, 3.8) is 0 Å². The first kappa shape index (κ1) is 17.1. The van der Waals surface area contributed by atoms with Crippen molar-refractivity contribution in [3.8, 4) is 28.4 Å². The number of ether oxygens (including phenoxy) is 2. The van der Waals surface area contributed by atoms with Gasteiger partial charge in [-0.2, -0.15) is 5.10 Å². The standard InChI is InChI=1S/C19H17Cl2N3O2/c1-25-14-7-4-8-15(26-2)16(14)18-11-9-10-22-19(11)24(23-18)13-6-3-5-12(20)17(13)21/h3-8,22H,9-10H2,1-2H3. The molecule has 134 valence electrons. The van der Waals surface area contributed by atoms with Crippen LogP contribution in [0.3, 0.4) is 0 Å². The van der Waals surface area contributed by atoms with E-state index in [1.165, 1.54) is 0 Å². The quantitative estimate of drug-likeness (QED) is 0.693. The number of hydrogen-bond donors (Lipinski definition) is 1. The molecule has 0 fully saturated rings. The summed E-state index contributed by atoms with van der Waals surface area (Å²) in [5.41, 5.74) is 3.47. The van der Waals surface area contributed by atoms with E-state index < -0.39 is 0 Å². The molecular formula is C19H17Cl2N3O2. The average molecular weight is 390 g/mol. The number of nitrogens with one attached hydrogen (secondary N) is 1. The molecule has 2 aromatic carbocycles. The molecule has 0 radical (unpaired) electrons. The number of aromatic nitrogens is 2. The normalized spacial score (nSPS) is 12.6. The molecule has 1 N–H and O–H groups in total. The SMILES string of the molecule is COc1cccc(OC)c1-c1nn(-c2cccc(Cl)c2Cl)c2c1CCN2. The molecule has 0 aliphatic carbocycles. The number of rotatable bonds is 4. The summed E-state index contributed by atoms with van der Waals surface area (Å²) < 4.78 is 12.9. The first-order valence-corrected chi connectivity index (χ1v) is 8.92. The molecule has 0 spiro atoms. The Kier molecular flexibility index (Phi) is 4.42. The summed E-state index contributed by atoms with van der Waals surface area (Å²) >= 11 is 12.6. The van der Waals surface area contributed by atoms with E-state index in [9.17, 15) is 0 Å². The molecule has 1 aliphatic rings. The highest BCUT2D eigenvalue weighted by atomic mass is 35.5. The van der Waals surface area contributed by atoms with Gasteiger partial charge in [-0.15, -0.1) is 0 Å². The van der Waals surface area contributed by atoms with E-state index in [1.54, 1.807) is 25.0 Å². The molecule has 3 aromatic rings. The van der Waals surface area contributed by atoms with Crippen molar-refractivity contribution in [2.45, 2.75) is 6.42 Å². The number of anilines is 1. The summed E-state index contributed by atoms with van der Waals surface area (Å²) in [6.45, 7) is 0.829. The Morgan fingerprint density at radius 3 is 2.42 bits per heavy atom. The van der Waals surface area contributed by atoms with Gasteiger partial charge in [-0.05, 0) is 30.7 Å². The second-order valence-corrected chi connectivity index (χ2v) is 6.66. The summed E-state index contributed by atoms with van der Waals surface area (Å²) in [5, 5.41) is 9.19. The minimum absolute atomic E-state index is 0.465. The minimum Gasteiger partial charge on any atom is -0.496 e. The summed E-state index contributed by atoms with van der Waals surface area (Å²) in [5.74, 6) is 2.33. The Labute approximate surface area is 161 Å². The van der Waals surface area contributed by atoms with Crippen LogP contribution in [-0.4, -0.2) is 30.5 Å². The second-order valence-electron chi connectivity index (χ2n) is 5.87. The van der Waals surface area contributed by atoms with Crippen molar-refractivity contribution < 1.29 is 9.47 Å². The fourth-order valence-electron chi connectivity index (χ4n) is 3.29. The zero-order valence-corrected chi connectivity index (χ0v) is 15.9. The van der Waals surface area contributed by atoms with Crippen molar-refractivity contribution in [2.24, 2.45) is 0 Å². The lowest BCUT2D eigenvalue weighted by Gasteiger charge is -2.12. The predicted octanol–water partition coefficient (Wildman–Crippen LogP) is 4.83. The van der Waals surface area contributed by atoms with Crippen molar-refractivity contribution >= 4 is 29.0 Å². The number of benzene rings is 2. The fraction of sp³-hybridized carbons (Fsp3) is 0.211. The van der Waals surface area contributed by atoms with Gasteiger partial charge in [0.2, 0.25) is 0 Å². The maximum atomic E-state index is 6.43. The lowest BCUT2D eigenvalue weighted by molar-refractivity contribution is 0.397. The third-order valence-corrected chi connectivity index (χ3v) is 5.28. The van der Waals surface area contributed by atoms with Crippen molar-refractivity contribution in [2.75, 3.05) is 26.1 Å². The van der Waals surface area contributed by atoms with Crippen LogP contribution in [0.25, 0.3) is 16.9 Å². The zero-order valence-electron chi connectivity index (χ0n) is 14.3. The van der Waals surface area contributed by atoms with Gasteiger partial charge in [-0.1, -0.05) is 35.3 Å². The fourth-order valence-corrected chi connectivity index (χ4v) is 3.67. The van der Waals surface area contributed by atoms with Gasteiger partial charge in [0.15, 0.2) is 0 Å². The van der Waals surface area contributed by atoms with Crippen molar-refractivity contribution in [1.29, 1.82) is 0 Å². The van der Waals surface area contributed by atoms with Crippen molar-refractivity contribution in [1.82, 2.24) is 9.78 Å². The molecule has 0 bridgehead atoms. The smallest absolute Gasteiger partial charge is 0.133 e. The van der Waals surface area contributed by atoms with Crippen LogP contribution in [0.5, 0.6) is 11.5 Å². The summed E-state index contributed by atoms with van der Waals surface area (Å²) in [6, 6.07) is 11.2. The molecule has 1 aliphatic heterocycles. The van der Waals surface area contributed by atoms with Gasteiger partial charge in [0.05, 0.1) is 35.5 Å². The van der Waals surface area contributed by atoms with E-state index in [1.807, 2.05) is 30.3 Å². The number of methoxy groups -OCH3 is 2. The Balaban J connectivity index is 1.98. The monoisotopic (exact) mass is 389 g/mol. The van der Waals surface area contributed by atoms with Gasteiger partial charge in [-0.3, -0.25) is 0 Å². The molecular weight excluding hydrogens is 373 g/mol. The van der Waals surface area contributed by atoms with Gasteiger partial charge < -0.3 is 14.8 Å². The number of fused-ring (bicyclic) bond motifs is 1. The van der Waals surface area contributed by atoms with Crippen molar-refractivity contribution in [3.05, 3.63) is 52.0 Å². The lowest BCUT2D eigenvalue weighted by atomic mass is 10.0. The predicted molar refractivity (Wildman–Crippen MR) is 104 cm³/mol. The molecule has 4 rings (SSSR count). The van der Waals surface area contributed by atoms with E-state index in [4.69, 9.17) is 37.8 Å². The van der Waals surface area contributed by atoms with Crippen LogP contribution >= 0.6 is 23.2 Å². The Morgan fingerprint density at radius 1 is 1.04 bits per heavy atom. The van der Waals surface area contributed by atoms with E-state index >= 15 is 0 Å². The van der Waals surface area contributed by atoms with E-state index in [0.717, 1.165) is 41.3 Å². The molecule has 26 heavy (non-hydrogen) atoms. The molecule has 7 heteroatoms. The Morgan fingerprint density at radius 2 is 1.73 bits per heavy atom. The topological polar surface area (TPSA) is 48.3 Å². The first-order chi connectivity index (χ1) is 12.7. The molecule has 5 nitrogen and oxygen atoms in total. The molecule has 0 atom stereocenters. The average Bonchev–Trinajstić information content (AvgIpc) is 3.26. The van der Waals surface area contributed by atoms with E-state index in [-0.39, 0.29) is 0 Å². The molecule has 0 saturated carbocycles. The number of hydrogen-bond acceptors (Lipinski definition) is 4. The minimum atomic E-state index is 0.465. The van der Waals surface area contributed by atoms with Crippen LogP contribution in [0.2, 0.25) is 10.0 Å². The lowest BCUT2D eigenvalue weighted by Crippen LogP contribution is -2.05.